The van der Waals surface area contributed by atoms with Crippen LogP contribution in [0.1, 0.15) is 11.8 Å². The lowest BCUT2D eigenvalue weighted by molar-refractivity contribution is 0.0250. The summed E-state index contributed by atoms with van der Waals surface area (Å²) < 4.78 is 5.59. The molecule has 0 radical (unpaired) electrons. The van der Waals surface area contributed by atoms with Crippen LogP contribution in [-0.4, -0.2) is 31.7 Å². The first kappa shape index (κ1) is 9.43. The van der Waals surface area contributed by atoms with Gasteiger partial charge < -0.3 is 15.4 Å². The van der Waals surface area contributed by atoms with Gasteiger partial charge in [0.2, 0.25) is 0 Å². The van der Waals surface area contributed by atoms with Crippen LogP contribution >= 0.6 is 0 Å². The number of rotatable bonds is 2. The molecule has 0 aromatic carbocycles. The maximum absolute atomic E-state index is 5.59. The van der Waals surface area contributed by atoms with Gasteiger partial charge in [-0.25, -0.2) is 0 Å². The number of anilines is 1. The van der Waals surface area contributed by atoms with Crippen molar-refractivity contribution in [1.82, 2.24) is 10.3 Å². The summed E-state index contributed by atoms with van der Waals surface area (Å²) >= 11 is 0. The second-order valence-electron chi connectivity index (χ2n) is 3.29. The van der Waals surface area contributed by atoms with Crippen LogP contribution in [-0.2, 0) is 4.74 Å². The van der Waals surface area contributed by atoms with Gasteiger partial charge in [-0.1, -0.05) is 0 Å². The monoisotopic (exact) mass is 193 g/mol. The van der Waals surface area contributed by atoms with Crippen molar-refractivity contribution < 1.29 is 4.74 Å². The molecule has 4 nitrogen and oxygen atoms in total. The van der Waals surface area contributed by atoms with E-state index in [1.54, 1.807) is 0 Å². The van der Waals surface area contributed by atoms with Crippen LogP contribution in [0.5, 0.6) is 0 Å². The lowest BCUT2D eigenvalue weighted by atomic mass is 10.2. The van der Waals surface area contributed by atoms with E-state index in [0.29, 0.717) is 0 Å². The number of ether oxygens (including phenoxy) is 1. The van der Waals surface area contributed by atoms with Crippen molar-refractivity contribution in [2.75, 3.05) is 32.1 Å². The SMILES string of the molecule is CNc1ccc([C@H]2CNCCO2)nc1. The second kappa shape index (κ2) is 4.39. The van der Waals surface area contributed by atoms with Gasteiger partial charge in [-0.2, -0.15) is 0 Å². The molecule has 2 heterocycles. The molecule has 1 aliphatic heterocycles. The summed E-state index contributed by atoms with van der Waals surface area (Å²) in [6, 6.07) is 4.02. The fraction of sp³-hybridized carbons (Fsp3) is 0.500. The van der Waals surface area contributed by atoms with Gasteiger partial charge in [-0.05, 0) is 12.1 Å². The predicted octanol–water partition coefficient (Wildman–Crippen LogP) is 0.784. The van der Waals surface area contributed by atoms with E-state index in [2.05, 4.69) is 15.6 Å². The first-order valence-corrected chi connectivity index (χ1v) is 4.86. The summed E-state index contributed by atoms with van der Waals surface area (Å²) in [5.74, 6) is 0. The minimum atomic E-state index is 0.106. The van der Waals surface area contributed by atoms with Gasteiger partial charge in [0.1, 0.15) is 6.10 Å². The van der Waals surface area contributed by atoms with E-state index >= 15 is 0 Å². The highest BCUT2D eigenvalue weighted by Gasteiger charge is 2.16. The van der Waals surface area contributed by atoms with Crippen LogP contribution in [0.25, 0.3) is 0 Å². The minimum Gasteiger partial charge on any atom is -0.387 e. The zero-order valence-electron chi connectivity index (χ0n) is 8.29. The Morgan fingerprint density at radius 1 is 1.57 bits per heavy atom. The van der Waals surface area contributed by atoms with Crippen molar-refractivity contribution in [3.05, 3.63) is 24.0 Å². The number of aromatic nitrogens is 1. The van der Waals surface area contributed by atoms with Gasteiger partial charge in [0.25, 0.3) is 0 Å². The molecule has 1 aromatic heterocycles. The summed E-state index contributed by atoms with van der Waals surface area (Å²) in [7, 11) is 1.88. The molecule has 14 heavy (non-hydrogen) atoms. The Balaban J connectivity index is 2.07. The molecule has 0 bridgehead atoms. The molecular formula is C10H15N3O. The Morgan fingerprint density at radius 2 is 2.50 bits per heavy atom. The minimum absolute atomic E-state index is 0.106. The van der Waals surface area contributed by atoms with Crippen LogP contribution in [0, 0.1) is 0 Å². The van der Waals surface area contributed by atoms with Crippen molar-refractivity contribution in [1.29, 1.82) is 0 Å². The zero-order valence-corrected chi connectivity index (χ0v) is 8.29. The Bertz CT molecular complexity index is 280. The van der Waals surface area contributed by atoms with Gasteiger partial charge in [-0.3, -0.25) is 4.98 Å². The van der Waals surface area contributed by atoms with Gasteiger partial charge >= 0.3 is 0 Å². The van der Waals surface area contributed by atoms with Gasteiger partial charge in [0, 0.05) is 20.1 Å². The largest absolute Gasteiger partial charge is 0.387 e. The fourth-order valence-corrected chi connectivity index (χ4v) is 1.50. The molecule has 1 atom stereocenters. The van der Waals surface area contributed by atoms with Crippen LogP contribution in [0.2, 0.25) is 0 Å². The van der Waals surface area contributed by atoms with E-state index in [4.69, 9.17) is 4.74 Å². The van der Waals surface area contributed by atoms with Gasteiger partial charge in [0.05, 0.1) is 24.2 Å². The van der Waals surface area contributed by atoms with E-state index in [1.807, 2.05) is 25.4 Å². The highest BCUT2D eigenvalue weighted by molar-refractivity contribution is 5.40. The number of nitrogens with zero attached hydrogens (tertiary/aromatic N) is 1. The van der Waals surface area contributed by atoms with Crippen LogP contribution in [0.3, 0.4) is 0 Å². The average molecular weight is 193 g/mol. The Morgan fingerprint density at radius 3 is 3.07 bits per heavy atom. The fourth-order valence-electron chi connectivity index (χ4n) is 1.50. The van der Waals surface area contributed by atoms with Crippen molar-refractivity contribution in [2.45, 2.75) is 6.10 Å². The molecular weight excluding hydrogens is 178 g/mol. The van der Waals surface area contributed by atoms with Crippen LogP contribution < -0.4 is 10.6 Å². The molecule has 1 aliphatic rings. The van der Waals surface area contributed by atoms with E-state index in [0.717, 1.165) is 31.1 Å². The number of hydrogen-bond donors (Lipinski definition) is 2. The third-order valence-electron chi connectivity index (χ3n) is 2.33. The molecule has 4 heteroatoms. The molecule has 1 fully saturated rings. The predicted molar refractivity (Wildman–Crippen MR) is 55.3 cm³/mol. The van der Waals surface area contributed by atoms with E-state index in [-0.39, 0.29) is 6.10 Å². The van der Waals surface area contributed by atoms with Crippen molar-refractivity contribution >= 4 is 5.69 Å². The Labute approximate surface area is 83.7 Å². The van der Waals surface area contributed by atoms with Crippen molar-refractivity contribution in [3.63, 3.8) is 0 Å². The van der Waals surface area contributed by atoms with Crippen molar-refractivity contribution in [2.24, 2.45) is 0 Å². The molecule has 1 saturated heterocycles. The summed E-state index contributed by atoms with van der Waals surface area (Å²) in [5, 5.41) is 6.32. The number of morpholine rings is 1. The molecule has 0 amide bonds. The lowest BCUT2D eigenvalue weighted by Gasteiger charge is -2.23. The van der Waals surface area contributed by atoms with Gasteiger partial charge in [-0.15, -0.1) is 0 Å². The smallest absolute Gasteiger partial charge is 0.112 e. The topological polar surface area (TPSA) is 46.2 Å². The highest BCUT2D eigenvalue weighted by atomic mass is 16.5. The normalized spacial score (nSPS) is 21.9. The van der Waals surface area contributed by atoms with E-state index in [1.165, 1.54) is 0 Å². The maximum atomic E-state index is 5.59. The highest BCUT2D eigenvalue weighted by Crippen LogP contribution is 2.17. The average Bonchev–Trinajstić information content (AvgIpc) is 2.30. The summed E-state index contributed by atoms with van der Waals surface area (Å²) in [4.78, 5) is 4.35. The Hall–Kier alpha value is -1.13. The number of pyridine rings is 1. The summed E-state index contributed by atoms with van der Waals surface area (Å²) in [6.07, 6.45) is 1.93. The van der Waals surface area contributed by atoms with Crippen molar-refractivity contribution in [3.8, 4) is 0 Å². The molecule has 76 valence electrons. The Kier molecular flexibility index (Phi) is 2.96. The van der Waals surface area contributed by atoms with Gasteiger partial charge in [0.15, 0.2) is 0 Å². The zero-order chi connectivity index (χ0) is 9.80. The first-order valence-electron chi connectivity index (χ1n) is 4.86. The summed E-state index contributed by atoms with van der Waals surface area (Å²) in [6.45, 7) is 2.55. The van der Waals surface area contributed by atoms with Crippen LogP contribution in [0.15, 0.2) is 18.3 Å². The number of hydrogen-bond acceptors (Lipinski definition) is 4. The summed E-state index contributed by atoms with van der Waals surface area (Å²) in [5.41, 5.74) is 2.02. The first-order chi connectivity index (χ1) is 6.90. The standard InChI is InChI=1S/C10H15N3O/c1-11-8-2-3-9(13-6-8)10-7-12-4-5-14-10/h2-3,6,10-12H,4-5,7H2,1H3/t10-/m1/s1. The third kappa shape index (κ3) is 2.02. The molecule has 1 aromatic rings. The molecule has 0 spiro atoms. The maximum Gasteiger partial charge on any atom is 0.112 e. The second-order valence-corrected chi connectivity index (χ2v) is 3.29. The number of nitrogens with one attached hydrogen (secondary N) is 2. The third-order valence-corrected chi connectivity index (χ3v) is 2.33. The quantitative estimate of drug-likeness (QED) is 0.728. The molecule has 0 saturated carbocycles. The van der Waals surface area contributed by atoms with E-state index in [9.17, 15) is 0 Å². The molecule has 2 N–H and O–H groups in total. The van der Waals surface area contributed by atoms with E-state index < -0.39 is 0 Å². The molecule has 0 aliphatic carbocycles. The lowest BCUT2D eigenvalue weighted by Crippen LogP contribution is -2.33. The molecule has 2 rings (SSSR count). The van der Waals surface area contributed by atoms with Crippen LogP contribution in [0.4, 0.5) is 5.69 Å². The molecule has 0 unspecified atom stereocenters.